The topological polar surface area (TPSA) is 65.1 Å². The maximum Gasteiger partial charge on any atom is 0.211 e. The van der Waals surface area contributed by atoms with Crippen molar-refractivity contribution in [2.24, 2.45) is 14.1 Å². The number of aliphatic hydroxyl groups excluding tert-OH is 1. The van der Waals surface area contributed by atoms with Gasteiger partial charge in [-0.2, -0.15) is 10.2 Å². The highest BCUT2D eigenvalue weighted by atomic mass is 16.5. The third-order valence-corrected chi connectivity index (χ3v) is 2.91. The number of aliphatic hydroxyl groups is 1. The molecule has 6 nitrogen and oxygen atoms in total. The Bertz CT molecular complexity index is 544. The largest absolute Gasteiger partial charge is 0.481 e. The van der Waals surface area contributed by atoms with Gasteiger partial charge in [-0.05, 0) is 13.0 Å². The summed E-state index contributed by atoms with van der Waals surface area (Å²) in [5, 5.41) is 18.6. The van der Waals surface area contributed by atoms with Crippen molar-refractivity contribution in [1.82, 2.24) is 19.6 Å². The van der Waals surface area contributed by atoms with Crippen LogP contribution in [0.3, 0.4) is 0 Å². The molecule has 1 unspecified atom stereocenters. The molecule has 0 amide bonds. The molecule has 0 saturated carbocycles. The third-order valence-electron chi connectivity index (χ3n) is 2.91. The molecular weight excluding hydrogens is 232 g/mol. The first-order valence-electron chi connectivity index (χ1n) is 5.76. The standard InChI is InChI=1S/C12H18N4O2/c1-8-5-9(15(2)13-8)6-11(17)10-7-12(18-4)16(3)14-10/h5,7,11,17H,6H2,1-4H3. The van der Waals surface area contributed by atoms with E-state index in [9.17, 15) is 5.11 Å². The van der Waals surface area contributed by atoms with E-state index in [1.165, 1.54) is 0 Å². The molecule has 2 heterocycles. The fraction of sp³-hybridized carbons (Fsp3) is 0.500. The number of nitrogens with zero attached hydrogens (tertiary/aromatic N) is 4. The first kappa shape index (κ1) is 12.6. The molecule has 0 fully saturated rings. The van der Waals surface area contributed by atoms with Crippen molar-refractivity contribution in [3.05, 3.63) is 29.2 Å². The fourth-order valence-corrected chi connectivity index (χ4v) is 1.98. The molecule has 0 aliphatic heterocycles. The Morgan fingerprint density at radius 3 is 2.50 bits per heavy atom. The first-order valence-corrected chi connectivity index (χ1v) is 5.76. The second-order valence-electron chi connectivity index (χ2n) is 4.36. The smallest absolute Gasteiger partial charge is 0.211 e. The van der Waals surface area contributed by atoms with Crippen LogP contribution in [0.15, 0.2) is 12.1 Å². The van der Waals surface area contributed by atoms with Gasteiger partial charge in [0.1, 0.15) is 6.10 Å². The van der Waals surface area contributed by atoms with Crippen LogP contribution in [-0.2, 0) is 20.5 Å². The zero-order valence-corrected chi connectivity index (χ0v) is 11.1. The van der Waals surface area contributed by atoms with E-state index >= 15 is 0 Å². The van der Waals surface area contributed by atoms with Crippen LogP contribution in [0.25, 0.3) is 0 Å². The van der Waals surface area contributed by atoms with Crippen molar-refractivity contribution in [3.63, 3.8) is 0 Å². The highest BCUT2D eigenvalue weighted by molar-refractivity contribution is 5.20. The molecule has 0 radical (unpaired) electrons. The van der Waals surface area contributed by atoms with Gasteiger partial charge in [0, 0.05) is 32.3 Å². The number of ether oxygens (including phenoxy) is 1. The van der Waals surface area contributed by atoms with E-state index in [0.717, 1.165) is 11.4 Å². The molecule has 2 rings (SSSR count). The van der Waals surface area contributed by atoms with Gasteiger partial charge in [-0.1, -0.05) is 0 Å². The van der Waals surface area contributed by atoms with Crippen molar-refractivity contribution in [3.8, 4) is 5.88 Å². The average molecular weight is 250 g/mol. The minimum Gasteiger partial charge on any atom is -0.481 e. The molecule has 18 heavy (non-hydrogen) atoms. The Morgan fingerprint density at radius 2 is 2.00 bits per heavy atom. The van der Waals surface area contributed by atoms with Gasteiger partial charge in [-0.3, -0.25) is 4.68 Å². The van der Waals surface area contributed by atoms with Gasteiger partial charge < -0.3 is 9.84 Å². The quantitative estimate of drug-likeness (QED) is 0.869. The zero-order valence-electron chi connectivity index (χ0n) is 11.1. The van der Waals surface area contributed by atoms with Gasteiger partial charge in [0.25, 0.3) is 0 Å². The average Bonchev–Trinajstić information content (AvgIpc) is 2.82. The summed E-state index contributed by atoms with van der Waals surface area (Å²) >= 11 is 0. The molecule has 98 valence electrons. The highest BCUT2D eigenvalue weighted by Gasteiger charge is 2.16. The summed E-state index contributed by atoms with van der Waals surface area (Å²) in [4.78, 5) is 0. The van der Waals surface area contributed by atoms with Crippen molar-refractivity contribution in [2.75, 3.05) is 7.11 Å². The SMILES string of the molecule is COc1cc(C(O)Cc2cc(C)nn2C)nn1C. The molecule has 0 aliphatic rings. The van der Waals surface area contributed by atoms with Crippen LogP contribution in [0.1, 0.15) is 23.2 Å². The summed E-state index contributed by atoms with van der Waals surface area (Å²) in [5.74, 6) is 0.630. The maximum atomic E-state index is 10.2. The van der Waals surface area contributed by atoms with Crippen molar-refractivity contribution in [2.45, 2.75) is 19.4 Å². The Kier molecular flexibility index (Phi) is 3.38. The molecule has 0 bridgehead atoms. The molecule has 0 spiro atoms. The monoisotopic (exact) mass is 250 g/mol. The Morgan fingerprint density at radius 1 is 1.28 bits per heavy atom. The molecule has 0 aromatic carbocycles. The van der Waals surface area contributed by atoms with Crippen LogP contribution in [0.2, 0.25) is 0 Å². The number of methoxy groups -OCH3 is 1. The van der Waals surface area contributed by atoms with Crippen molar-refractivity contribution >= 4 is 0 Å². The third kappa shape index (κ3) is 2.38. The summed E-state index contributed by atoms with van der Waals surface area (Å²) in [7, 11) is 5.23. The lowest BCUT2D eigenvalue weighted by molar-refractivity contribution is 0.170. The second-order valence-corrected chi connectivity index (χ2v) is 4.36. The minimum absolute atomic E-state index is 0.484. The number of hydrogen-bond donors (Lipinski definition) is 1. The predicted octanol–water partition coefficient (Wildman–Crippen LogP) is 0.747. The minimum atomic E-state index is -0.658. The van der Waals surface area contributed by atoms with Gasteiger partial charge in [-0.15, -0.1) is 0 Å². The number of aryl methyl sites for hydroxylation is 3. The van der Waals surface area contributed by atoms with Crippen LogP contribution in [0.4, 0.5) is 0 Å². The molecule has 0 saturated heterocycles. The summed E-state index contributed by atoms with van der Waals surface area (Å²) in [6, 6.07) is 3.71. The van der Waals surface area contributed by atoms with Crippen LogP contribution in [0.5, 0.6) is 5.88 Å². The molecule has 6 heteroatoms. The molecule has 0 aliphatic carbocycles. The van der Waals surface area contributed by atoms with Gasteiger partial charge in [0.2, 0.25) is 5.88 Å². The van der Waals surface area contributed by atoms with E-state index in [4.69, 9.17) is 4.74 Å². The van der Waals surface area contributed by atoms with Crippen LogP contribution in [-0.4, -0.2) is 31.8 Å². The van der Waals surface area contributed by atoms with Gasteiger partial charge in [0.15, 0.2) is 0 Å². The summed E-state index contributed by atoms with van der Waals surface area (Å²) < 4.78 is 8.51. The number of hydrogen-bond acceptors (Lipinski definition) is 4. The number of rotatable bonds is 4. The van der Waals surface area contributed by atoms with Crippen LogP contribution >= 0.6 is 0 Å². The summed E-state index contributed by atoms with van der Waals surface area (Å²) in [6.07, 6.45) is -0.174. The Balaban J connectivity index is 2.16. The highest BCUT2D eigenvalue weighted by Crippen LogP contribution is 2.21. The van der Waals surface area contributed by atoms with E-state index in [1.54, 1.807) is 29.6 Å². The first-order chi connectivity index (χ1) is 8.51. The van der Waals surface area contributed by atoms with E-state index in [-0.39, 0.29) is 0 Å². The van der Waals surface area contributed by atoms with Crippen LogP contribution in [0, 0.1) is 6.92 Å². The lowest BCUT2D eigenvalue weighted by Gasteiger charge is -2.07. The van der Waals surface area contributed by atoms with Crippen molar-refractivity contribution < 1.29 is 9.84 Å². The summed E-state index contributed by atoms with van der Waals surface area (Å²) in [6.45, 7) is 1.93. The van der Waals surface area contributed by atoms with Gasteiger partial charge >= 0.3 is 0 Å². The van der Waals surface area contributed by atoms with E-state index in [2.05, 4.69) is 10.2 Å². The molecule has 2 aromatic heterocycles. The molecular formula is C12H18N4O2. The van der Waals surface area contributed by atoms with Crippen molar-refractivity contribution in [1.29, 1.82) is 0 Å². The molecule has 1 atom stereocenters. The normalized spacial score (nSPS) is 12.7. The molecule has 2 aromatic rings. The summed E-state index contributed by atoms with van der Waals surface area (Å²) in [5.41, 5.74) is 2.52. The zero-order chi connectivity index (χ0) is 13.3. The lowest BCUT2D eigenvalue weighted by Crippen LogP contribution is -2.07. The van der Waals surface area contributed by atoms with Crippen LogP contribution < -0.4 is 4.74 Å². The van der Waals surface area contributed by atoms with E-state index < -0.39 is 6.10 Å². The van der Waals surface area contributed by atoms with Gasteiger partial charge in [0.05, 0.1) is 18.5 Å². The fourth-order valence-electron chi connectivity index (χ4n) is 1.98. The Labute approximate surface area is 106 Å². The molecule has 1 N–H and O–H groups in total. The van der Waals surface area contributed by atoms with E-state index in [1.807, 2.05) is 20.0 Å². The Hall–Kier alpha value is -1.82. The predicted molar refractivity (Wildman–Crippen MR) is 66.4 cm³/mol. The maximum absolute atomic E-state index is 10.2. The number of aromatic nitrogens is 4. The lowest BCUT2D eigenvalue weighted by atomic mass is 10.1. The van der Waals surface area contributed by atoms with E-state index in [0.29, 0.717) is 18.0 Å². The van der Waals surface area contributed by atoms with Gasteiger partial charge in [-0.25, -0.2) is 4.68 Å². The second kappa shape index (κ2) is 4.81.